The fourth-order valence-electron chi connectivity index (χ4n) is 3.59. The Morgan fingerprint density at radius 2 is 2.00 bits per heavy atom. The number of fused-ring (bicyclic) bond motifs is 3. The Kier molecular flexibility index (Phi) is 6.18. The molecule has 0 fully saturated rings. The molecule has 1 amide bonds. The van der Waals surface area contributed by atoms with Crippen molar-refractivity contribution in [2.45, 2.75) is 26.5 Å². The molecule has 0 aliphatic rings. The van der Waals surface area contributed by atoms with Gasteiger partial charge in [-0.15, -0.1) is 15.3 Å². The molecule has 0 radical (unpaired) electrons. The Balaban J connectivity index is 1.46. The summed E-state index contributed by atoms with van der Waals surface area (Å²) in [6, 6.07) is 14.3. The van der Waals surface area contributed by atoms with Crippen LogP contribution in [0.1, 0.15) is 28.6 Å². The van der Waals surface area contributed by atoms with Crippen molar-refractivity contribution < 1.29 is 19.2 Å². The van der Waals surface area contributed by atoms with Gasteiger partial charge in [-0.2, -0.15) is 4.52 Å². The van der Waals surface area contributed by atoms with Gasteiger partial charge in [-0.05, 0) is 32.0 Å². The molecular weight excluding hydrogens is 516 g/mol. The highest BCUT2D eigenvalue weighted by Crippen LogP contribution is 2.30. The second-order valence-electron chi connectivity index (χ2n) is 8.08. The van der Waals surface area contributed by atoms with E-state index in [4.69, 9.17) is 14.4 Å². The molecule has 11 heteroatoms. The van der Waals surface area contributed by atoms with Crippen molar-refractivity contribution >= 4 is 38.3 Å². The first-order valence-corrected chi connectivity index (χ1v) is 11.6. The van der Waals surface area contributed by atoms with Gasteiger partial charge >= 0.3 is 0 Å². The van der Waals surface area contributed by atoms with Gasteiger partial charge in [0.25, 0.3) is 5.91 Å². The van der Waals surface area contributed by atoms with Crippen molar-refractivity contribution in [1.82, 2.24) is 30.3 Å². The molecule has 0 spiro atoms. The first kappa shape index (κ1) is 22.9. The molecule has 5 aromatic rings. The van der Waals surface area contributed by atoms with Crippen LogP contribution < -0.4 is 10.1 Å². The van der Waals surface area contributed by atoms with Crippen molar-refractivity contribution in [3.8, 4) is 17.4 Å². The number of aryl methyl sites for hydroxylation is 1. The lowest BCUT2D eigenvalue weighted by Crippen LogP contribution is -2.34. The van der Waals surface area contributed by atoms with E-state index in [0.29, 0.717) is 34.4 Å². The maximum absolute atomic E-state index is 12.3. The molecule has 0 saturated carbocycles. The Morgan fingerprint density at radius 3 is 2.71 bits per heavy atom. The number of aliphatic hydroxyl groups is 1. The fraction of sp³-hybridized carbons (Fsp3) is 0.208. The zero-order valence-corrected chi connectivity index (χ0v) is 20.5. The van der Waals surface area contributed by atoms with Crippen molar-refractivity contribution in [2.24, 2.45) is 0 Å². The first-order valence-electron chi connectivity index (χ1n) is 10.9. The summed E-state index contributed by atoms with van der Waals surface area (Å²) in [5, 5.41) is 30.8. The largest absolute Gasteiger partial charge is 0.471 e. The number of nitrogens with one attached hydrogen (secondary N) is 1. The lowest BCUT2D eigenvalue weighted by atomic mass is 10.1. The van der Waals surface area contributed by atoms with Crippen LogP contribution in [0.2, 0.25) is 0 Å². The average molecular weight is 537 g/mol. The number of hydrogen-bond donors (Lipinski definition) is 2. The Hall–Kier alpha value is -3.83. The lowest BCUT2D eigenvalue weighted by molar-refractivity contribution is 0.0922. The number of aliphatic hydroxyl groups excluding tert-OH is 1. The van der Waals surface area contributed by atoms with E-state index in [1.54, 1.807) is 36.6 Å². The highest BCUT2D eigenvalue weighted by atomic mass is 79.9. The van der Waals surface area contributed by atoms with Crippen LogP contribution in [0, 0.1) is 6.92 Å². The van der Waals surface area contributed by atoms with Gasteiger partial charge in [0.2, 0.25) is 11.7 Å². The number of nitrogens with zero attached hydrogens (tertiary/aromatic N) is 5. The van der Waals surface area contributed by atoms with Crippen molar-refractivity contribution in [3.05, 3.63) is 69.9 Å². The second-order valence-corrected chi connectivity index (χ2v) is 8.94. The standard InChI is InChI=1S/C24H21BrN6O4/c1-13(11-32)26-23(33)15-7-8-16(19(25)10-15)12-34-24-18-6-4-3-5-17(18)21-27-28-22(31(21)29-24)20-9-14(2)35-30-20/h3-10,13,32H,11-12H2,1-2H3,(H,26,33)/t13-/m1/s1. The Labute approximate surface area is 208 Å². The van der Waals surface area contributed by atoms with Crippen LogP contribution in [-0.4, -0.2) is 48.6 Å². The number of hydrogen-bond acceptors (Lipinski definition) is 8. The number of carbonyl (C=O) groups excluding carboxylic acids is 1. The molecule has 3 heterocycles. The summed E-state index contributed by atoms with van der Waals surface area (Å²) < 4.78 is 13.7. The Morgan fingerprint density at radius 1 is 1.20 bits per heavy atom. The molecular formula is C24H21BrN6O4. The lowest BCUT2D eigenvalue weighted by Gasteiger charge is -2.13. The van der Waals surface area contributed by atoms with E-state index >= 15 is 0 Å². The Bertz CT molecular complexity index is 1550. The van der Waals surface area contributed by atoms with E-state index in [-0.39, 0.29) is 25.2 Å². The number of aromatic nitrogens is 5. The highest BCUT2D eigenvalue weighted by Gasteiger charge is 2.19. The molecule has 10 nitrogen and oxygen atoms in total. The second kappa shape index (κ2) is 9.43. The zero-order valence-electron chi connectivity index (χ0n) is 18.9. The number of ether oxygens (including phenoxy) is 1. The maximum Gasteiger partial charge on any atom is 0.251 e. The number of benzene rings is 2. The highest BCUT2D eigenvalue weighted by molar-refractivity contribution is 9.10. The monoisotopic (exact) mass is 536 g/mol. The van der Waals surface area contributed by atoms with E-state index in [0.717, 1.165) is 20.8 Å². The third-order valence-electron chi connectivity index (χ3n) is 5.42. The minimum absolute atomic E-state index is 0.130. The molecule has 2 aromatic carbocycles. The van der Waals surface area contributed by atoms with E-state index in [2.05, 4.69) is 41.7 Å². The molecule has 0 unspecified atom stereocenters. The number of halogens is 1. The zero-order chi connectivity index (χ0) is 24.5. The van der Waals surface area contributed by atoms with Gasteiger partial charge < -0.3 is 19.7 Å². The molecule has 35 heavy (non-hydrogen) atoms. The normalized spacial score (nSPS) is 12.2. The minimum Gasteiger partial charge on any atom is -0.471 e. The van der Waals surface area contributed by atoms with E-state index in [1.165, 1.54) is 0 Å². The molecule has 2 N–H and O–H groups in total. The third-order valence-corrected chi connectivity index (χ3v) is 6.16. The predicted octanol–water partition coefficient (Wildman–Crippen LogP) is 3.69. The molecule has 0 aliphatic heterocycles. The number of carbonyl (C=O) groups is 1. The summed E-state index contributed by atoms with van der Waals surface area (Å²) in [7, 11) is 0. The average Bonchev–Trinajstić information content (AvgIpc) is 3.48. The predicted molar refractivity (Wildman–Crippen MR) is 131 cm³/mol. The summed E-state index contributed by atoms with van der Waals surface area (Å²) >= 11 is 3.53. The van der Waals surface area contributed by atoms with Crippen molar-refractivity contribution in [3.63, 3.8) is 0 Å². The van der Waals surface area contributed by atoms with Crippen LogP contribution in [0.3, 0.4) is 0 Å². The molecule has 178 valence electrons. The van der Waals surface area contributed by atoms with Gasteiger partial charge in [-0.1, -0.05) is 45.4 Å². The number of amides is 1. The van der Waals surface area contributed by atoms with Gasteiger partial charge in [-0.25, -0.2) is 0 Å². The summed E-state index contributed by atoms with van der Waals surface area (Å²) in [5.74, 6) is 1.24. The molecule has 1 atom stereocenters. The van der Waals surface area contributed by atoms with Gasteiger partial charge in [0.1, 0.15) is 12.4 Å². The quantitative estimate of drug-likeness (QED) is 0.322. The van der Waals surface area contributed by atoms with E-state index < -0.39 is 0 Å². The van der Waals surface area contributed by atoms with Crippen molar-refractivity contribution in [2.75, 3.05) is 6.61 Å². The molecule has 3 aromatic heterocycles. The van der Waals surface area contributed by atoms with Gasteiger partial charge in [0, 0.05) is 38.5 Å². The van der Waals surface area contributed by atoms with Crippen LogP contribution in [0.4, 0.5) is 0 Å². The van der Waals surface area contributed by atoms with E-state index in [9.17, 15) is 4.79 Å². The maximum atomic E-state index is 12.3. The van der Waals surface area contributed by atoms with Crippen LogP contribution in [-0.2, 0) is 6.61 Å². The van der Waals surface area contributed by atoms with Crippen LogP contribution >= 0.6 is 15.9 Å². The van der Waals surface area contributed by atoms with Gasteiger partial charge in [0.15, 0.2) is 11.3 Å². The molecule has 0 bridgehead atoms. The van der Waals surface area contributed by atoms with Crippen LogP contribution in [0.5, 0.6) is 5.88 Å². The summed E-state index contributed by atoms with van der Waals surface area (Å²) in [6.07, 6.45) is 0. The van der Waals surface area contributed by atoms with Crippen LogP contribution in [0.15, 0.2) is 57.5 Å². The topological polar surface area (TPSA) is 128 Å². The smallest absolute Gasteiger partial charge is 0.251 e. The molecule has 0 saturated heterocycles. The van der Waals surface area contributed by atoms with E-state index in [1.807, 2.05) is 30.3 Å². The summed E-state index contributed by atoms with van der Waals surface area (Å²) in [5.41, 5.74) is 2.41. The van der Waals surface area contributed by atoms with Crippen molar-refractivity contribution in [1.29, 1.82) is 0 Å². The summed E-state index contributed by atoms with van der Waals surface area (Å²) in [4.78, 5) is 12.3. The molecule has 5 rings (SSSR count). The summed E-state index contributed by atoms with van der Waals surface area (Å²) in [6.45, 7) is 3.61. The fourth-order valence-corrected chi connectivity index (χ4v) is 4.09. The SMILES string of the molecule is Cc1cc(-c2nnc3c4ccccc4c(OCc4ccc(C(=O)N[C@H](C)CO)cc4Br)nn23)no1. The minimum atomic E-state index is -0.331. The third kappa shape index (κ3) is 4.47. The first-order chi connectivity index (χ1) is 16.9. The van der Waals surface area contributed by atoms with Gasteiger partial charge in [0.05, 0.1) is 6.61 Å². The van der Waals surface area contributed by atoms with Crippen LogP contribution in [0.25, 0.3) is 27.9 Å². The van der Waals surface area contributed by atoms with Gasteiger partial charge in [-0.3, -0.25) is 4.79 Å². The number of rotatable bonds is 7. The molecule has 0 aliphatic carbocycles.